The molecule has 2 rings (SSSR count). The van der Waals surface area contributed by atoms with E-state index in [1.54, 1.807) is 0 Å². The minimum Gasteiger partial charge on any atom is -0.382 e. The summed E-state index contributed by atoms with van der Waals surface area (Å²) in [5.74, 6) is 0.0149. The van der Waals surface area contributed by atoms with Crippen molar-refractivity contribution in [1.29, 1.82) is 0 Å². The summed E-state index contributed by atoms with van der Waals surface area (Å²) in [6.45, 7) is 0. The number of carbonyl (C=O) groups excluding carboxylic acids is 1. The summed E-state index contributed by atoms with van der Waals surface area (Å²) in [7, 11) is 0. The van der Waals surface area contributed by atoms with Gasteiger partial charge in [0.25, 0.3) is 11.5 Å². The molecule has 0 unspecified atom stereocenters. The topological polar surface area (TPSA) is 130 Å². The van der Waals surface area contributed by atoms with Gasteiger partial charge in [-0.3, -0.25) is 14.7 Å². The van der Waals surface area contributed by atoms with Crippen molar-refractivity contribution in [1.82, 2.24) is 20.4 Å². The fraction of sp³-hybridized carbons (Fsp3) is 0. The van der Waals surface area contributed by atoms with Gasteiger partial charge in [-0.05, 0) is 6.07 Å². The third-order valence-corrected chi connectivity index (χ3v) is 1.76. The maximum Gasteiger partial charge on any atom is 0.274 e. The maximum absolute atomic E-state index is 11.5. The van der Waals surface area contributed by atoms with E-state index in [1.165, 1.54) is 18.2 Å². The van der Waals surface area contributed by atoms with Gasteiger partial charge in [-0.2, -0.15) is 10.2 Å². The number of H-pyrrole nitrogens is 2. The molecule has 0 aromatic carbocycles. The van der Waals surface area contributed by atoms with E-state index in [1.807, 2.05) is 0 Å². The van der Waals surface area contributed by atoms with Crippen LogP contribution < -0.4 is 16.6 Å². The number of nitrogens with one attached hydrogen (secondary N) is 3. The van der Waals surface area contributed by atoms with Gasteiger partial charge in [0.2, 0.25) is 0 Å². The number of nitrogens with zero attached hydrogens (tertiary/aromatic N) is 2. The molecule has 0 aliphatic rings. The SMILES string of the molecule is Nc1cc(C(=O)Nc2ccc(=O)[nH]n2)[nH]n1. The Kier molecular flexibility index (Phi) is 2.38. The number of anilines is 2. The highest BCUT2D eigenvalue weighted by atomic mass is 16.2. The van der Waals surface area contributed by atoms with E-state index in [0.29, 0.717) is 0 Å². The third-order valence-electron chi connectivity index (χ3n) is 1.76. The van der Waals surface area contributed by atoms with Gasteiger partial charge in [0.1, 0.15) is 11.5 Å². The molecule has 0 saturated heterocycles. The number of hydrogen-bond donors (Lipinski definition) is 4. The first kappa shape index (κ1) is 9.90. The highest BCUT2D eigenvalue weighted by Gasteiger charge is 2.09. The van der Waals surface area contributed by atoms with Gasteiger partial charge in [0.05, 0.1) is 0 Å². The lowest BCUT2D eigenvalue weighted by Gasteiger charge is -2.00. The number of carbonyl (C=O) groups is 1. The molecule has 0 aliphatic heterocycles. The highest BCUT2D eigenvalue weighted by Crippen LogP contribution is 2.04. The molecule has 0 saturated carbocycles. The molecule has 5 N–H and O–H groups in total. The third kappa shape index (κ3) is 2.05. The lowest BCUT2D eigenvalue weighted by atomic mass is 10.4. The average Bonchev–Trinajstić information content (AvgIpc) is 2.68. The molecule has 2 aromatic rings. The van der Waals surface area contributed by atoms with E-state index < -0.39 is 5.91 Å². The number of amides is 1. The van der Waals surface area contributed by atoms with Crippen LogP contribution in [0.2, 0.25) is 0 Å². The van der Waals surface area contributed by atoms with Gasteiger partial charge in [-0.25, -0.2) is 5.10 Å². The van der Waals surface area contributed by atoms with Crippen LogP contribution in [-0.2, 0) is 0 Å². The van der Waals surface area contributed by atoms with Crippen LogP contribution in [0.15, 0.2) is 23.0 Å². The van der Waals surface area contributed by atoms with Crippen LogP contribution in [0.1, 0.15) is 10.5 Å². The lowest BCUT2D eigenvalue weighted by molar-refractivity contribution is 0.102. The van der Waals surface area contributed by atoms with E-state index in [0.717, 1.165) is 0 Å². The van der Waals surface area contributed by atoms with Crippen LogP contribution in [0, 0.1) is 0 Å². The molecule has 0 radical (unpaired) electrons. The smallest absolute Gasteiger partial charge is 0.274 e. The molecule has 0 aliphatic carbocycles. The van der Waals surface area contributed by atoms with Crippen molar-refractivity contribution in [3.05, 3.63) is 34.2 Å². The van der Waals surface area contributed by atoms with E-state index >= 15 is 0 Å². The van der Waals surface area contributed by atoms with Crippen molar-refractivity contribution in [3.63, 3.8) is 0 Å². The second-order valence-electron chi connectivity index (χ2n) is 2.97. The Hall–Kier alpha value is -2.64. The van der Waals surface area contributed by atoms with Crippen molar-refractivity contribution < 1.29 is 4.79 Å². The van der Waals surface area contributed by atoms with Gasteiger partial charge < -0.3 is 11.1 Å². The molecule has 0 fully saturated rings. The van der Waals surface area contributed by atoms with E-state index in [-0.39, 0.29) is 22.9 Å². The largest absolute Gasteiger partial charge is 0.382 e. The van der Waals surface area contributed by atoms with E-state index in [9.17, 15) is 9.59 Å². The van der Waals surface area contributed by atoms with Gasteiger partial charge in [0.15, 0.2) is 5.82 Å². The quantitative estimate of drug-likeness (QED) is 0.533. The molecule has 0 bridgehead atoms. The van der Waals surface area contributed by atoms with Gasteiger partial charge in [-0.1, -0.05) is 0 Å². The van der Waals surface area contributed by atoms with Crippen LogP contribution in [0.3, 0.4) is 0 Å². The summed E-state index contributed by atoms with van der Waals surface area (Å²) in [6.07, 6.45) is 0. The molecule has 0 atom stereocenters. The van der Waals surface area contributed by atoms with Crippen molar-refractivity contribution in [2.45, 2.75) is 0 Å². The van der Waals surface area contributed by atoms with Crippen molar-refractivity contribution in [3.8, 4) is 0 Å². The molecule has 16 heavy (non-hydrogen) atoms. The van der Waals surface area contributed by atoms with Crippen molar-refractivity contribution >= 4 is 17.5 Å². The Morgan fingerprint density at radius 2 is 2.12 bits per heavy atom. The maximum atomic E-state index is 11.5. The highest BCUT2D eigenvalue weighted by molar-refractivity contribution is 6.02. The average molecular weight is 220 g/mol. The number of nitrogen functional groups attached to an aromatic ring is 1. The number of aromatic nitrogens is 4. The first-order valence-corrected chi connectivity index (χ1v) is 4.33. The van der Waals surface area contributed by atoms with Crippen LogP contribution in [0.4, 0.5) is 11.6 Å². The van der Waals surface area contributed by atoms with Crippen LogP contribution in [0.25, 0.3) is 0 Å². The standard InChI is InChI=1S/C8H8N6O2/c9-5-3-4(11-12-5)8(16)10-6-1-2-7(15)14-13-6/h1-3H,(H,14,15)(H3,9,11,12)(H,10,13,16). The van der Waals surface area contributed by atoms with Crippen LogP contribution >= 0.6 is 0 Å². The molecule has 1 amide bonds. The van der Waals surface area contributed by atoms with E-state index in [2.05, 4.69) is 25.7 Å². The first-order chi connectivity index (χ1) is 7.65. The summed E-state index contributed by atoms with van der Waals surface area (Å²) >= 11 is 0. The van der Waals surface area contributed by atoms with E-state index in [4.69, 9.17) is 5.73 Å². The molecule has 82 valence electrons. The zero-order valence-corrected chi connectivity index (χ0v) is 8.02. The Bertz CT molecular complexity index is 551. The first-order valence-electron chi connectivity index (χ1n) is 4.33. The molecular weight excluding hydrogens is 212 g/mol. The summed E-state index contributed by atoms with van der Waals surface area (Å²) in [6, 6.07) is 4.03. The normalized spacial score (nSPS) is 10.0. The summed E-state index contributed by atoms with van der Waals surface area (Å²) in [4.78, 5) is 22.3. The van der Waals surface area contributed by atoms with Gasteiger partial charge in [-0.15, -0.1) is 0 Å². The Morgan fingerprint density at radius 1 is 1.31 bits per heavy atom. The Balaban J connectivity index is 2.13. The zero-order chi connectivity index (χ0) is 11.5. The lowest BCUT2D eigenvalue weighted by Crippen LogP contribution is -2.16. The second kappa shape index (κ2) is 3.85. The number of nitrogens with two attached hydrogens (primary N) is 1. The second-order valence-corrected chi connectivity index (χ2v) is 2.97. The summed E-state index contributed by atoms with van der Waals surface area (Å²) in [5.41, 5.74) is 5.21. The molecule has 2 aromatic heterocycles. The Morgan fingerprint density at radius 3 is 2.69 bits per heavy atom. The molecule has 2 heterocycles. The fourth-order valence-corrected chi connectivity index (χ4v) is 1.05. The van der Waals surface area contributed by atoms with Crippen LogP contribution in [0.5, 0.6) is 0 Å². The molecular formula is C8H8N6O2. The minimum absolute atomic E-state index is 0.213. The van der Waals surface area contributed by atoms with Crippen LogP contribution in [-0.4, -0.2) is 26.3 Å². The zero-order valence-electron chi connectivity index (χ0n) is 8.02. The number of rotatable bonds is 2. The summed E-state index contributed by atoms with van der Waals surface area (Å²) < 4.78 is 0. The number of aromatic amines is 2. The predicted molar refractivity (Wildman–Crippen MR) is 55.8 cm³/mol. The summed E-state index contributed by atoms with van der Waals surface area (Å²) in [5, 5.41) is 14.3. The molecule has 0 spiro atoms. The molecule has 8 nitrogen and oxygen atoms in total. The molecule has 8 heteroatoms. The van der Waals surface area contributed by atoms with Crippen molar-refractivity contribution in [2.24, 2.45) is 0 Å². The predicted octanol–water partition coefficient (Wildman–Crippen LogP) is -0.673. The number of hydrogen-bond acceptors (Lipinski definition) is 5. The van der Waals surface area contributed by atoms with Crippen molar-refractivity contribution in [2.75, 3.05) is 11.1 Å². The Labute approximate surface area is 88.9 Å². The minimum atomic E-state index is -0.441. The fourth-order valence-electron chi connectivity index (χ4n) is 1.05. The van der Waals surface area contributed by atoms with Gasteiger partial charge in [0, 0.05) is 12.1 Å². The van der Waals surface area contributed by atoms with Gasteiger partial charge >= 0.3 is 0 Å². The monoisotopic (exact) mass is 220 g/mol.